The van der Waals surface area contributed by atoms with Gasteiger partial charge in [-0.3, -0.25) is 4.79 Å². The third-order valence-corrected chi connectivity index (χ3v) is 5.57. The number of fused-ring (bicyclic) bond motifs is 1. The molecule has 0 radical (unpaired) electrons. The zero-order valence-electron chi connectivity index (χ0n) is 18.3. The first-order valence-electron chi connectivity index (χ1n) is 10.5. The number of methoxy groups -OCH3 is 2. The van der Waals surface area contributed by atoms with Gasteiger partial charge in [-0.2, -0.15) is 4.52 Å². The summed E-state index contributed by atoms with van der Waals surface area (Å²) in [6.07, 6.45) is 1.74. The molecule has 1 aliphatic rings. The Balaban J connectivity index is 1.50. The average molecular weight is 425 g/mol. The Hall–Kier alpha value is -3.36. The normalized spacial score (nSPS) is 16.5. The van der Waals surface area contributed by atoms with Crippen molar-refractivity contribution in [3.05, 3.63) is 36.2 Å². The maximum Gasteiger partial charge on any atom is 0.229 e. The van der Waals surface area contributed by atoms with Gasteiger partial charge in [0.25, 0.3) is 0 Å². The van der Waals surface area contributed by atoms with E-state index in [0.29, 0.717) is 23.7 Å². The van der Waals surface area contributed by atoms with E-state index in [1.807, 2.05) is 12.1 Å². The smallest absolute Gasteiger partial charge is 0.229 e. The minimum Gasteiger partial charge on any atom is -0.497 e. The molecule has 0 bridgehead atoms. The van der Waals surface area contributed by atoms with Crippen LogP contribution in [0.4, 0.5) is 11.5 Å². The highest BCUT2D eigenvalue weighted by molar-refractivity contribution is 5.94. The van der Waals surface area contributed by atoms with Gasteiger partial charge in [-0.1, -0.05) is 13.8 Å². The van der Waals surface area contributed by atoms with Crippen molar-refractivity contribution in [1.29, 1.82) is 0 Å². The molecule has 3 heterocycles. The second-order valence-electron chi connectivity index (χ2n) is 8.02. The van der Waals surface area contributed by atoms with E-state index in [-0.39, 0.29) is 17.7 Å². The lowest BCUT2D eigenvalue weighted by atomic mass is 9.97. The van der Waals surface area contributed by atoms with E-state index >= 15 is 0 Å². The van der Waals surface area contributed by atoms with Gasteiger partial charge in [-0.05, 0) is 37.1 Å². The van der Waals surface area contributed by atoms with Crippen molar-refractivity contribution in [1.82, 2.24) is 19.8 Å². The number of anilines is 2. The molecule has 1 saturated heterocycles. The van der Waals surface area contributed by atoms with Gasteiger partial charge in [0.2, 0.25) is 5.91 Å². The highest BCUT2D eigenvalue weighted by Gasteiger charge is 2.28. The summed E-state index contributed by atoms with van der Waals surface area (Å²) in [6, 6.07) is 9.22. The number of benzene rings is 1. The molecule has 0 unspecified atom stereocenters. The Bertz CT molecular complexity index is 1080. The molecule has 1 aromatic carbocycles. The topological polar surface area (TPSA) is 93.9 Å². The minimum atomic E-state index is -0.150. The summed E-state index contributed by atoms with van der Waals surface area (Å²) in [7, 11) is 3.17. The SMILES string of the molecule is COc1ccc(NC(=O)[C@@H]2CCCN(c3ccc4nnc(C(C)C)n4n3)C2)c(OC)c1. The van der Waals surface area contributed by atoms with Gasteiger partial charge in [0, 0.05) is 25.1 Å². The fraction of sp³-hybridized carbons (Fsp3) is 0.455. The van der Waals surface area contributed by atoms with Gasteiger partial charge in [-0.15, -0.1) is 15.3 Å². The largest absolute Gasteiger partial charge is 0.497 e. The first-order valence-corrected chi connectivity index (χ1v) is 10.5. The van der Waals surface area contributed by atoms with E-state index in [9.17, 15) is 4.79 Å². The first-order chi connectivity index (χ1) is 15.0. The lowest BCUT2D eigenvalue weighted by molar-refractivity contribution is -0.120. The third-order valence-electron chi connectivity index (χ3n) is 5.57. The highest BCUT2D eigenvalue weighted by atomic mass is 16.5. The molecular weight excluding hydrogens is 396 g/mol. The third kappa shape index (κ3) is 4.26. The van der Waals surface area contributed by atoms with Crippen LogP contribution in [0, 0.1) is 5.92 Å². The number of piperidine rings is 1. The van der Waals surface area contributed by atoms with Crippen LogP contribution in [0.3, 0.4) is 0 Å². The molecule has 1 amide bonds. The van der Waals surface area contributed by atoms with Crippen molar-refractivity contribution in [2.45, 2.75) is 32.6 Å². The molecule has 31 heavy (non-hydrogen) atoms. The van der Waals surface area contributed by atoms with Crippen LogP contribution in [0.15, 0.2) is 30.3 Å². The number of hydrogen-bond donors (Lipinski definition) is 1. The summed E-state index contributed by atoms with van der Waals surface area (Å²) >= 11 is 0. The minimum absolute atomic E-state index is 0.0265. The summed E-state index contributed by atoms with van der Waals surface area (Å²) in [4.78, 5) is 15.2. The molecule has 0 saturated carbocycles. The summed E-state index contributed by atoms with van der Waals surface area (Å²) in [5.41, 5.74) is 1.36. The molecule has 1 N–H and O–H groups in total. The van der Waals surface area contributed by atoms with E-state index in [2.05, 4.69) is 34.3 Å². The lowest BCUT2D eigenvalue weighted by Crippen LogP contribution is -2.41. The molecule has 9 nitrogen and oxygen atoms in total. The monoisotopic (exact) mass is 424 g/mol. The Morgan fingerprint density at radius 1 is 1.16 bits per heavy atom. The standard InChI is InChI=1S/C22H28N6O3/c1-14(2)21-25-24-19-9-10-20(26-28(19)21)27-11-5-6-15(13-27)22(29)23-17-8-7-16(30-3)12-18(17)31-4/h7-10,12,14-15H,5-6,11,13H2,1-4H3,(H,23,29)/t15-/m1/s1. The van der Waals surface area contributed by atoms with Crippen molar-refractivity contribution < 1.29 is 14.3 Å². The summed E-state index contributed by atoms with van der Waals surface area (Å²) in [5, 5.41) is 16.2. The molecule has 3 aromatic rings. The van der Waals surface area contributed by atoms with Crippen LogP contribution in [0.25, 0.3) is 5.65 Å². The second kappa shape index (κ2) is 8.79. The molecule has 164 valence electrons. The number of nitrogens with zero attached hydrogens (tertiary/aromatic N) is 5. The highest BCUT2D eigenvalue weighted by Crippen LogP contribution is 2.30. The van der Waals surface area contributed by atoms with Gasteiger partial charge < -0.3 is 19.7 Å². The number of hydrogen-bond acceptors (Lipinski definition) is 7. The van der Waals surface area contributed by atoms with Crippen LogP contribution >= 0.6 is 0 Å². The van der Waals surface area contributed by atoms with Gasteiger partial charge in [0.05, 0.1) is 25.8 Å². The van der Waals surface area contributed by atoms with Gasteiger partial charge in [0.15, 0.2) is 11.5 Å². The molecule has 4 rings (SSSR count). The number of ether oxygens (including phenoxy) is 2. The molecule has 0 aliphatic carbocycles. The van der Waals surface area contributed by atoms with Crippen LogP contribution in [-0.4, -0.2) is 53.0 Å². The maximum absolute atomic E-state index is 13.0. The predicted molar refractivity (Wildman–Crippen MR) is 118 cm³/mol. The fourth-order valence-electron chi connectivity index (χ4n) is 3.86. The molecular formula is C22H28N6O3. The van der Waals surface area contributed by atoms with Gasteiger partial charge in [-0.25, -0.2) is 0 Å². The van der Waals surface area contributed by atoms with Crippen molar-refractivity contribution in [2.75, 3.05) is 37.5 Å². The summed E-state index contributed by atoms with van der Waals surface area (Å²) < 4.78 is 12.4. The Morgan fingerprint density at radius 3 is 2.74 bits per heavy atom. The number of amides is 1. The van der Waals surface area contributed by atoms with Crippen LogP contribution in [0.1, 0.15) is 38.4 Å². The summed E-state index contributed by atoms with van der Waals surface area (Å²) in [5.74, 6) is 2.95. The quantitative estimate of drug-likeness (QED) is 0.650. The van der Waals surface area contributed by atoms with E-state index in [4.69, 9.17) is 14.6 Å². The van der Waals surface area contributed by atoms with Gasteiger partial charge >= 0.3 is 0 Å². The van der Waals surface area contributed by atoms with Crippen molar-refractivity contribution >= 4 is 23.1 Å². The molecule has 2 aromatic heterocycles. The number of rotatable bonds is 6. The fourth-order valence-corrected chi connectivity index (χ4v) is 3.86. The van der Waals surface area contributed by atoms with Crippen LogP contribution < -0.4 is 19.7 Å². The predicted octanol–water partition coefficient (Wildman–Crippen LogP) is 3.12. The molecule has 0 spiro atoms. The number of carbonyl (C=O) groups is 1. The van der Waals surface area contributed by atoms with E-state index in [0.717, 1.165) is 36.7 Å². The lowest BCUT2D eigenvalue weighted by Gasteiger charge is -2.32. The van der Waals surface area contributed by atoms with Gasteiger partial charge in [0.1, 0.15) is 17.3 Å². The Labute approximate surface area is 181 Å². The number of carbonyl (C=O) groups excluding carboxylic acids is 1. The molecule has 1 atom stereocenters. The van der Waals surface area contributed by atoms with E-state index < -0.39 is 0 Å². The average Bonchev–Trinajstić information content (AvgIpc) is 3.23. The van der Waals surface area contributed by atoms with E-state index in [1.54, 1.807) is 36.9 Å². The first kappa shape index (κ1) is 20.9. The Morgan fingerprint density at radius 2 is 2.00 bits per heavy atom. The van der Waals surface area contributed by atoms with Crippen LogP contribution in [0.2, 0.25) is 0 Å². The van der Waals surface area contributed by atoms with Crippen LogP contribution in [0.5, 0.6) is 11.5 Å². The molecule has 1 fully saturated rings. The molecule has 1 aliphatic heterocycles. The number of nitrogens with one attached hydrogen (secondary N) is 1. The second-order valence-corrected chi connectivity index (χ2v) is 8.02. The zero-order chi connectivity index (χ0) is 22.0. The van der Waals surface area contributed by atoms with Crippen LogP contribution in [-0.2, 0) is 4.79 Å². The van der Waals surface area contributed by atoms with Crippen molar-refractivity contribution in [3.8, 4) is 11.5 Å². The van der Waals surface area contributed by atoms with Crippen molar-refractivity contribution in [3.63, 3.8) is 0 Å². The van der Waals surface area contributed by atoms with Crippen molar-refractivity contribution in [2.24, 2.45) is 5.92 Å². The summed E-state index contributed by atoms with van der Waals surface area (Å²) in [6.45, 7) is 5.59. The Kier molecular flexibility index (Phi) is 5.92. The zero-order valence-corrected chi connectivity index (χ0v) is 18.3. The van der Waals surface area contributed by atoms with E-state index in [1.165, 1.54) is 0 Å². The number of aromatic nitrogens is 4. The maximum atomic E-state index is 13.0. The molecule has 9 heteroatoms.